The van der Waals surface area contributed by atoms with Crippen LogP contribution in [0.15, 0.2) is 30.6 Å². The number of nitrogens with zero attached hydrogens (tertiary/aromatic N) is 4. The summed E-state index contributed by atoms with van der Waals surface area (Å²) in [7, 11) is 0. The van der Waals surface area contributed by atoms with Crippen molar-refractivity contribution in [2.24, 2.45) is 0 Å². The maximum Gasteiger partial charge on any atom is 0.157 e. The Morgan fingerprint density at radius 3 is 2.52 bits per heavy atom. The molecule has 0 amide bonds. The van der Waals surface area contributed by atoms with Crippen molar-refractivity contribution in [3.8, 4) is 0 Å². The molecule has 3 rings (SSSR count). The second-order valence-electron chi connectivity index (χ2n) is 5.99. The second kappa shape index (κ2) is 8.33. The van der Waals surface area contributed by atoms with E-state index < -0.39 is 0 Å². The van der Waals surface area contributed by atoms with Crippen molar-refractivity contribution in [1.82, 2.24) is 14.9 Å². The zero-order valence-electron chi connectivity index (χ0n) is 14.0. The molecule has 0 radical (unpaired) electrons. The van der Waals surface area contributed by atoms with Gasteiger partial charge in [0.2, 0.25) is 0 Å². The van der Waals surface area contributed by atoms with Crippen molar-refractivity contribution in [2.75, 3.05) is 55.3 Å². The van der Waals surface area contributed by atoms with E-state index in [1.807, 2.05) is 24.3 Å². The van der Waals surface area contributed by atoms with Crippen LogP contribution >= 0.6 is 11.6 Å². The lowest BCUT2D eigenvalue weighted by atomic mass is 10.2. The second-order valence-corrected chi connectivity index (χ2v) is 6.43. The van der Waals surface area contributed by atoms with Crippen LogP contribution in [0, 0.1) is 0 Å². The first-order valence-corrected chi connectivity index (χ1v) is 8.72. The maximum atomic E-state index is 9.04. The first-order chi connectivity index (χ1) is 12.2. The summed E-state index contributed by atoms with van der Waals surface area (Å²) < 4.78 is 0. The van der Waals surface area contributed by atoms with Crippen LogP contribution in [0.2, 0.25) is 5.02 Å². The van der Waals surface area contributed by atoms with Gasteiger partial charge in [-0.3, -0.25) is 4.90 Å². The van der Waals surface area contributed by atoms with Crippen molar-refractivity contribution >= 4 is 28.9 Å². The lowest BCUT2D eigenvalue weighted by Crippen LogP contribution is -2.47. The van der Waals surface area contributed by atoms with Gasteiger partial charge in [-0.15, -0.1) is 0 Å². The molecular formula is C17H23ClN6O. The first-order valence-electron chi connectivity index (χ1n) is 8.34. The number of β-amino-alcohol motifs (C(OH)–C–C–N with tert-alkyl or cyclic N) is 1. The lowest BCUT2D eigenvalue weighted by molar-refractivity contribution is 0.188. The summed E-state index contributed by atoms with van der Waals surface area (Å²) in [6, 6.07) is 7.65. The summed E-state index contributed by atoms with van der Waals surface area (Å²) in [6.45, 7) is 4.95. The molecule has 25 heavy (non-hydrogen) atoms. The van der Waals surface area contributed by atoms with Crippen LogP contribution < -0.4 is 16.0 Å². The van der Waals surface area contributed by atoms with Crippen LogP contribution in [0.5, 0.6) is 0 Å². The Bertz CT molecular complexity index is 688. The average Bonchev–Trinajstić information content (AvgIpc) is 2.63. The number of hydrogen-bond donors (Lipinski definition) is 3. The van der Waals surface area contributed by atoms with E-state index in [9.17, 15) is 0 Å². The number of nitrogen functional groups attached to an aromatic ring is 1. The molecule has 0 aliphatic carbocycles. The number of rotatable bonds is 6. The van der Waals surface area contributed by atoms with Crippen LogP contribution in [-0.4, -0.2) is 59.3 Å². The zero-order valence-corrected chi connectivity index (χ0v) is 14.8. The van der Waals surface area contributed by atoms with Crippen LogP contribution in [0.25, 0.3) is 0 Å². The maximum absolute atomic E-state index is 9.04. The van der Waals surface area contributed by atoms with Crippen molar-refractivity contribution in [2.45, 2.75) is 6.54 Å². The molecule has 1 aromatic heterocycles. The van der Waals surface area contributed by atoms with Gasteiger partial charge in [0.15, 0.2) is 11.6 Å². The summed E-state index contributed by atoms with van der Waals surface area (Å²) in [4.78, 5) is 13.0. The minimum atomic E-state index is 0.189. The molecule has 2 aromatic rings. The molecule has 1 aliphatic heterocycles. The molecule has 7 nitrogen and oxygen atoms in total. The van der Waals surface area contributed by atoms with Gasteiger partial charge in [0, 0.05) is 44.3 Å². The van der Waals surface area contributed by atoms with Gasteiger partial charge in [0.1, 0.15) is 12.0 Å². The number of benzene rings is 1. The van der Waals surface area contributed by atoms with E-state index >= 15 is 0 Å². The summed E-state index contributed by atoms with van der Waals surface area (Å²) in [6.07, 6.45) is 1.54. The van der Waals surface area contributed by atoms with E-state index in [-0.39, 0.29) is 6.61 Å². The molecule has 0 unspecified atom stereocenters. The Morgan fingerprint density at radius 1 is 1.12 bits per heavy atom. The molecule has 1 saturated heterocycles. The Balaban J connectivity index is 1.65. The van der Waals surface area contributed by atoms with E-state index in [1.165, 1.54) is 6.33 Å². The Morgan fingerprint density at radius 2 is 1.84 bits per heavy atom. The molecular weight excluding hydrogens is 340 g/mol. The lowest BCUT2D eigenvalue weighted by Gasteiger charge is -2.35. The number of aliphatic hydroxyl groups excluding tert-OH is 1. The minimum absolute atomic E-state index is 0.189. The summed E-state index contributed by atoms with van der Waals surface area (Å²) >= 11 is 5.91. The predicted octanol–water partition coefficient (Wildman–Crippen LogP) is 1.44. The molecule has 0 saturated carbocycles. The Hall–Kier alpha value is -2.09. The molecule has 8 heteroatoms. The first kappa shape index (κ1) is 17.7. The fraction of sp³-hybridized carbons (Fsp3) is 0.412. The quantitative estimate of drug-likeness (QED) is 0.716. The molecule has 0 spiro atoms. The third-order valence-corrected chi connectivity index (χ3v) is 4.58. The molecule has 0 bridgehead atoms. The van der Waals surface area contributed by atoms with E-state index in [2.05, 4.69) is 25.1 Å². The van der Waals surface area contributed by atoms with Crippen LogP contribution in [0.3, 0.4) is 0 Å². The topological polar surface area (TPSA) is 90.5 Å². The highest BCUT2D eigenvalue weighted by Crippen LogP contribution is 2.27. The summed E-state index contributed by atoms with van der Waals surface area (Å²) in [5, 5.41) is 13.0. The van der Waals surface area contributed by atoms with Gasteiger partial charge in [-0.2, -0.15) is 0 Å². The highest BCUT2D eigenvalue weighted by molar-refractivity contribution is 6.30. The Labute approximate surface area is 152 Å². The number of halogens is 1. The van der Waals surface area contributed by atoms with Crippen molar-refractivity contribution in [1.29, 1.82) is 0 Å². The Kier molecular flexibility index (Phi) is 5.91. The summed E-state index contributed by atoms with van der Waals surface area (Å²) in [5.41, 5.74) is 7.95. The van der Waals surface area contributed by atoms with Gasteiger partial charge in [0.05, 0.1) is 6.61 Å². The molecule has 4 N–H and O–H groups in total. The number of piperazine rings is 1. The fourth-order valence-corrected chi connectivity index (χ4v) is 3.02. The van der Waals surface area contributed by atoms with E-state index in [1.54, 1.807) is 0 Å². The smallest absolute Gasteiger partial charge is 0.157 e. The largest absolute Gasteiger partial charge is 0.395 e. The molecule has 134 valence electrons. The predicted molar refractivity (Wildman–Crippen MR) is 101 cm³/mol. The summed E-state index contributed by atoms with van der Waals surface area (Å²) in [5.74, 6) is 1.40. The third-order valence-electron chi connectivity index (χ3n) is 4.32. The van der Waals surface area contributed by atoms with Gasteiger partial charge in [-0.1, -0.05) is 23.7 Å². The molecule has 1 fully saturated rings. The van der Waals surface area contributed by atoms with Crippen molar-refractivity contribution in [3.63, 3.8) is 0 Å². The normalized spacial score (nSPS) is 15.4. The highest BCUT2D eigenvalue weighted by Gasteiger charge is 2.20. The molecule has 1 aliphatic rings. The van der Waals surface area contributed by atoms with Crippen molar-refractivity contribution in [3.05, 3.63) is 41.2 Å². The zero-order chi connectivity index (χ0) is 17.6. The van der Waals surface area contributed by atoms with Gasteiger partial charge < -0.3 is 21.1 Å². The van der Waals surface area contributed by atoms with Gasteiger partial charge >= 0.3 is 0 Å². The third kappa shape index (κ3) is 4.50. The standard InChI is InChI=1S/C17H23ClN6O/c18-14-3-1-13(2-4-14)11-20-16-15(19)17(22-12-21-16)24-7-5-23(6-8-24)9-10-25/h1-4,12,25H,5-11,19H2,(H,20,21,22). The number of hydrogen-bond acceptors (Lipinski definition) is 7. The fourth-order valence-electron chi connectivity index (χ4n) is 2.89. The number of aromatic nitrogens is 2. The molecule has 1 aromatic carbocycles. The SMILES string of the molecule is Nc1c(NCc2ccc(Cl)cc2)ncnc1N1CCN(CCO)CC1. The van der Waals surface area contributed by atoms with E-state index in [4.69, 9.17) is 22.4 Å². The number of aliphatic hydroxyl groups is 1. The van der Waals surface area contributed by atoms with Gasteiger partial charge in [0.25, 0.3) is 0 Å². The monoisotopic (exact) mass is 362 g/mol. The van der Waals surface area contributed by atoms with Crippen molar-refractivity contribution < 1.29 is 5.11 Å². The number of nitrogens with two attached hydrogens (primary N) is 1. The molecule has 2 heterocycles. The molecule has 0 atom stereocenters. The number of nitrogens with one attached hydrogen (secondary N) is 1. The van der Waals surface area contributed by atoms with Gasteiger partial charge in [-0.25, -0.2) is 9.97 Å². The van der Waals surface area contributed by atoms with E-state index in [0.29, 0.717) is 29.6 Å². The van der Waals surface area contributed by atoms with Crippen LogP contribution in [0.4, 0.5) is 17.3 Å². The van der Waals surface area contributed by atoms with Crippen LogP contribution in [0.1, 0.15) is 5.56 Å². The van der Waals surface area contributed by atoms with Gasteiger partial charge in [-0.05, 0) is 17.7 Å². The number of anilines is 3. The minimum Gasteiger partial charge on any atom is -0.395 e. The van der Waals surface area contributed by atoms with Crippen LogP contribution in [-0.2, 0) is 6.54 Å². The highest BCUT2D eigenvalue weighted by atomic mass is 35.5. The average molecular weight is 363 g/mol. The van der Waals surface area contributed by atoms with E-state index in [0.717, 1.165) is 37.6 Å².